The van der Waals surface area contributed by atoms with E-state index in [4.69, 9.17) is 9.26 Å². The van der Waals surface area contributed by atoms with Crippen molar-refractivity contribution in [2.75, 3.05) is 19.7 Å². The number of nitrogens with one attached hydrogen (secondary N) is 1. The molecule has 0 radical (unpaired) electrons. The van der Waals surface area contributed by atoms with Crippen LogP contribution in [0.3, 0.4) is 0 Å². The van der Waals surface area contributed by atoms with Crippen LogP contribution in [0.2, 0.25) is 0 Å². The van der Waals surface area contributed by atoms with Crippen molar-refractivity contribution >= 4 is 26.9 Å². The Morgan fingerprint density at radius 1 is 1.04 bits per heavy atom. The van der Waals surface area contributed by atoms with Crippen molar-refractivity contribution in [1.82, 2.24) is 10.5 Å². The Balaban J connectivity index is 1.21. The van der Waals surface area contributed by atoms with Crippen molar-refractivity contribution in [2.45, 2.75) is 38.5 Å². The van der Waals surface area contributed by atoms with E-state index in [1.165, 1.54) is 38.6 Å². The molecule has 4 nitrogen and oxygen atoms in total. The molecule has 2 aromatic carbocycles. The van der Waals surface area contributed by atoms with Gasteiger partial charge in [0.25, 0.3) is 0 Å². The zero-order valence-corrected chi connectivity index (χ0v) is 17.7. The van der Waals surface area contributed by atoms with Gasteiger partial charge in [-0.3, -0.25) is 0 Å². The van der Waals surface area contributed by atoms with Gasteiger partial charge in [-0.15, -0.1) is 0 Å². The number of aromatic nitrogens is 1. The molecule has 0 atom stereocenters. The topological polar surface area (TPSA) is 47.3 Å². The molecule has 5 heteroatoms. The van der Waals surface area contributed by atoms with Crippen LogP contribution in [0.4, 0.5) is 0 Å². The Kier molecular flexibility index (Phi) is 6.65. The lowest BCUT2D eigenvalue weighted by molar-refractivity contribution is 0.304. The van der Waals surface area contributed by atoms with E-state index in [0.29, 0.717) is 0 Å². The lowest BCUT2D eigenvalue weighted by atomic mass is 10.1. The van der Waals surface area contributed by atoms with E-state index >= 15 is 0 Å². The first kappa shape index (κ1) is 19.5. The predicted octanol–water partition coefficient (Wildman–Crippen LogP) is 6.20. The second-order valence-electron chi connectivity index (χ2n) is 7.61. The molecule has 0 bridgehead atoms. The third kappa shape index (κ3) is 5.36. The zero-order valence-electron chi connectivity index (χ0n) is 16.1. The summed E-state index contributed by atoms with van der Waals surface area (Å²) in [5.74, 6) is 1.82. The summed E-state index contributed by atoms with van der Waals surface area (Å²) in [5, 5.41) is 8.80. The lowest BCUT2D eigenvalue weighted by Crippen LogP contribution is -2.17. The summed E-state index contributed by atoms with van der Waals surface area (Å²) in [6.45, 7) is 3.12. The summed E-state index contributed by atoms with van der Waals surface area (Å²) in [6.07, 6.45) is 7.67. The van der Waals surface area contributed by atoms with Gasteiger partial charge in [-0.05, 0) is 69.0 Å². The third-order valence-corrected chi connectivity index (χ3v) is 5.74. The van der Waals surface area contributed by atoms with E-state index in [1.807, 2.05) is 42.5 Å². The molecule has 1 heterocycles. The molecule has 3 aromatic rings. The van der Waals surface area contributed by atoms with Crippen LogP contribution < -0.4 is 10.1 Å². The quantitative estimate of drug-likeness (QED) is 0.359. The molecule has 1 aromatic heterocycles. The maximum Gasteiger partial charge on any atom is 0.171 e. The number of hydrogen-bond acceptors (Lipinski definition) is 4. The van der Waals surface area contributed by atoms with Crippen molar-refractivity contribution in [3.63, 3.8) is 0 Å². The number of benzene rings is 2. The van der Waals surface area contributed by atoms with Crippen LogP contribution in [0.1, 0.15) is 38.5 Å². The van der Waals surface area contributed by atoms with Crippen molar-refractivity contribution < 1.29 is 9.26 Å². The Morgan fingerprint density at radius 2 is 1.86 bits per heavy atom. The monoisotopic (exact) mass is 442 g/mol. The van der Waals surface area contributed by atoms with Crippen LogP contribution in [0, 0.1) is 5.92 Å². The van der Waals surface area contributed by atoms with Crippen molar-refractivity contribution in [3.05, 3.63) is 46.9 Å². The molecule has 0 aliphatic heterocycles. The van der Waals surface area contributed by atoms with Gasteiger partial charge in [-0.1, -0.05) is 46.1 Å². The van der Waals surface area contributed by atoms with Crippen LogP contribution in [0.5, 0.6) is 5.75 Å². The molecule has 4 rings (SSSR count). The molecule has 0 unspecified atom stereocenters. The molecule has 28 heavy (non-hydrogen) atoms. The average molecular weight is 443 g/mol. The van der Waals surface area contributed by atoms with Crippen LogP contribution in [-0.4, -0.2) is 24.9 Å². The van der Waals surface area contributed by atoms with Gasteiger partial charge in [-0.25, -0.2) is 0 Å². The zero-order chi connectivity index (χ0) is 19.2. The van der Waals surface area contributed by atoms with Crippen LogP contribution >= 0.6 is 15.9 Å². The third-order valence-electron chi connectivity index (χ3n) is 5.21. The fourth-order valence-electron chi connectivity index (χ4n) is 3.35. The van der Waals surface area contributed by atoms with Crippen LogP contribution in [0.25, 0.3) is 22.2 Å². The first-order valence-corrected chi connectivity index (χ1v) is 11.1. The molecule has 1 aliphatic carbocycles. The number of hydrogen-bond donors (Lipinski definition) is 1. The van der Waals surface area contributed by atoms with Gasteiger partial charge in [0.2, 0.25) is 0 Å². The Bertz CT molecular complexity index is 887. The summed E-state index contributed by atoms with van der Waals surface area (Å²) in [7, 11) is 0. The van der Waals surface area contributed by atoms with E-state index in [0.717, 1.165) is 57.9 Å². The summed E-state index contributed by atoms with van der Waals surface area (Å²) in [4.78, 5) is 0. The van der Waals surface area contributed by atoms with Gasteiger partial charge in [-0.2, -0.15) is 0 Å². The molecule has 148 valence electrons. The SMILES string of the molecule is Brc1ccc(-c2noc3cc(OCCCCCCNCC4CC4)ccc23)cc1. The summed E-state index contributed by atoms with van der Waals surface area (Å²) < 4.78 is 12.5. The maximum absolute atomic E-state index is 5.90. The molecule has 1 fully saturated rings. The van der Waals surface area contributed by atoms with Gasteiger partial charge in [0.15, 0.2) is 5.58 Å². The minimum Gasteiger partial charge on any atom is -0.493 e. The average Bonchev–Trinajstić information content (AvgIpc) is 3.44. The highest BCUT2D eigenvalue weighted by atomic mass is 79.9. The summed E-state index contributed by atoms with van der Waals surface area (Å²) >= 11 is 3.46. The van der Waals surface area contributed by atoms with Crippen molar-refractivity contribution in [1.29, 1.82) is 0 Å². The molecule has 1 N–H and O–H groups in total. The minimum atomic E-state index is 0.745. The number of ether oxygens (including phenoxy) is 1. The fourth-order valence-corrected chi connectivity index (χ4v) is 3.61. The van der Waals surface area contributed by atoms with E-state index in [-0.39, 0.29) is 0 Å². The first-order chi connectivity index (χ1) is 13.8. The maximum atomic E-state index is 5.90. The van der Waals surface area contributed by atoms with Crippen molar-refractivity contribution in [2.24, 2.45) is 5.92 Å². The number of fused-ring (bicyclic) bond motifs is 1. The number of halogens is 1. The Labute approximate surface area is 174 Å². The molecule has 0 saturated heterocycles. The number of nitrogens with zero attached hydrogens (tertiary/aromatic N) is 1. The van der Waals surface area contributed by atoms with Gasteiger partial charge in [0.05, 0.1) is 6.61 Å². The highest BCUT2D eigenvalue weighted by Crippen LogP contribution is 2.31. The predicted molar refractivity (Wildman–Crippen MR) is 117 cm³/mol. The molecular weight excluding hydrogens is 416 g/mol. The molecule has 0 spiro atoms. The largest absolute Gasteiger partial charge is 0.493 e. The normalized spacial score (nSPS) is 13.9. The molecule has 1 aliphatic rings. The molecule has 0 amide bonds. The standard InChI is InChI=1S/C23H27BrN2O2/c24-19-9-7-18(8-10-19)23-21-12-11-20(15-22(21)28-26-23)27-14-4-2-1-3-13-25-16-17-5-6-17/h7-12,15,17,25H,1-6,13-14,16H2. The fraction of sp³-hybridized carbons (Fsp3) is 0.435. The van der Waals surface area contributed by atoms with Gasteiger partial charge in [0, 0.05) is 21.5 Å². The lowest BCUT2D eigenvalue weighted by Gasteiger charge is -2.06. The van der Waals surface area contributed by atoms with E-state index in [2.05, 4.69) is 26.4 Å². The number of unbranched alkanes of at least 4 members (excludes halogenated alkanes) is 3. The van der Waals surface area contributed by atoms with Gasteiger partial charge >= 0.3 is 0 Å². The smallest absolute Gasteiger partial charge is 0.171 e. The first-order valence-electron chi connectivity index (χ1n) is 10.3. The summed E-state index contributed by atoms with van der Waals surface area (Å²) in [5.41, 5.74) is 2.67. The van der Waals surface area contributed by atoms with Gasteiger partial charge in [0.1, 0.15) is 11.4 Å². The van der Waals surface area contributed by atoms with E-state index < -0.39 is 0 Å². The second kappa shape index (κ2) is 9.57. The highest BCUT2D eigenvalue weighted by Gasteiger charge is 2.19. The van der Waals surface area contributed by atoms with Gasteiger partial charge < -0.3 is 14.6 Å². The summed E-state index contributed by atoms with van der Waals surface area (Å²) in [6, 6.07) is 14.1. The van der Waals surface area contributed by atoms with E-state index in [9.17, 15) is 0 Å². The number of rotatable bonds is 11. The molecule has 1 saturated carbocycles. The minimum absolute atomic E-state index is 0.745. The molecular formula is C23H27BrN2O2. The Hall–Kier alpha value is -1.85. The van der Waals surface area contributed by atoms with Crippen LogP contribution in [-0.2, 0) is 0 Å². The van der Waals surface area contributed by atoms with E-state index in [1.54, 1.807) is 0 Å². The second-order valence-corrected chi connectivity index (χ2v) is 8.52. The van der Waals surface area contributed by atoms with Crippen LogP contribution in [0.15, 0.2) is 51.5 Å². The van der Waals surface area contributed by atoms with Crippen molar-refractivity contribution in [3.8, 4) is 17.0 Å². The Morgan fingerprint density at radius 3 is 2.68 bits per heavy atom. The highest BCUT2D eigenvalue weighted by molar-refractivity contribution is 9.10.